The minimum absolute atomic E-state index is 0.0340. The van der Waals surface area contributed by atoms with Crippen molar-refractivity contribution in [3.63, 3.8) is 0 Å². The molecule has 0 bridgehead atoms. The Hall–Kier alpha value is -3.44. The zero-order chi connectivity index (χ0) is 24.0. The van der Waals surface area contributed by atoms with Gasteiger partial charge in [-0.3, -0.25) is 14.4 Å². The maximum atomic E-state index is 15.7. The fraction of sp³-hybridized carbons (Fsp3) is 0.435. The first-order valence-electron chi connectivity index (χ1n) is 10.5. The lowest BCUT2D eigenvalue weighted by atomic mass is 9.83. The van der Waals surface area contributed by atoms with E-state index in [0.717, 1.165) is 11.1 Å². The van der Waals surface area contributed by atoms with Crippen LogP contribution in [0.25, 0.3) is 0 Å². The Balaban J connectivity index is 1.82. The van der Waals surface area contributed by atoms with Crippen LogP contribution in [-0.2, 0) is 16.8 Å². The molecule has 1 aliphatic rings. The zero-order valence-corrected chi connectivity index (χ0v) is 18.6. The first-order valence-corrected chi connectivity index (χ1v) is 10.5. The molecule has 1 fully saturated rings. The van der Waals surface area contributed by atoms with Gasteiger partial charge in [-0.1, -0.05) is 18.1 Å². The summed E-state index contributed by atoms with van der Waals surface area (Å²) in [5, 5.41) is 25.9. The summed E-state index contributed by atoms with van der Waals surface area (Å²) in [4.78, 5) is 13.9. The fourth-order valence-corrected chi connectivity index (χ4v) is 3.98. The van der Waals surface area contributed by atoms with Gasteiger partial charge in [0.05, 0.1) is 12.5 Å². The highest BCUT2D eigenvalue weighted by Gasteiger charge is 2.46. The average Bonchev–Trinajstić information content (AvgIpc) is 3.22. The standard InChI is InChI=1S/C23H27FN6O3/c1-3-4-16-5-7-17(8-6-16)13-29-12-10-23(9-11-25,19(24)15-29)30-14-18(20(26)31)21(28-30)27-22(32)33-2/h5-8,14,19,22,32H,9-10,12-13,15H2,1-2H3,(H2,26,31)(H,27,28). The van der Waals surface area contributed by atoms with Crippen molar-refractivity contribution >= 4 is 11.7 Å². The lowest BCUT2D eigenvalue weighted by molar-refractivity contribution is -0.0514. The van der Waals surface area contributed by atoms with E-state index in [9.17, 15) is 15.2 Å². The van der Waals surface area contributed by atoms with Crippen LogP contribution >= 0.6 is 0 Å². The van der Waals surface area contributed by atoms with Crippen LogP contribution in [0.2, 0.25) is 0 Å². The second-order valence-electron chi connectivity index (χ2n) is 7.90. The number of aliphatic hydroxyl groups excluding tert-OH is 1. The van der Waals surface area contributed by atoms with Crippen LogP contribution in [0.5, 0.6) is 0 Å². The third-order valence-electron chi connectivity index (χ3n) is 5.80. The van der Waals surface area contributed by atoms with E-state index in [1.807, 2.05) is 29.2 Å². The normalized spacial score (nSPS) is 21.5. The largest absolute Gasteiger partial charge is 0.365 e. The molecule has 0 radical (unpaired) electrons. The molecule has 2 heterocycles. The number of nitrogens with two attached hydrogens (primary N) is 1. The van der Waals surface area contributed by atoms with Gasteiger partial charge in [0.1, 0.15) is 17.3 Å². The lowest BCUT2D eigenvalue weighted by Crippen LogP contribution is -2.54. The number of likely N-dealkylation sites (tertiary alicyclic amines) is 1. The van der Waals surface area contributed by atoms with Crippen LogP contribution in [-0.4, -0.2) is 58.5 Å². The number of ether oxygens (including phenoxy) is 1. The molecule has 3 unspecified atom stereocenters. The van der Waals surface area contributed by atoms with Crippen LogP contribution in [0.3, 0.4) is 0 Å². The number of nitrogens with one attached hydrogen (secondary N) is 1. The number of carbonyl (C=O) groups excluding carboxylic acids is 1. The van der Waals surface area contributed by atoms with Gasteiger partial charge < -0.3 is 20.9 Å². The van der Waals surface area contributed by atoms with E-state index in [1.54, 1.807) is 6.92 Å². The number of benzene rings is 1. The Morgan fingerprint density at radius 3 is 2.79 bits per heavy atom. The molecule has 1 saturated heterocycles. The first kappa shape index (κ1) is 24.2. The molecule has 2 aromatic rings. The van der Waals surface area contributed by atoms with Crippen molar-refractivity contribution in [2.75, 3.05) is 25.5 Å². The Kier molecular flexibility index (Phi) is 7.67. The lowest BCUT2D eigenvalue weighted by Gasteiger charge is -2.43. The molecule has 0 spiro atoms. The van der Waals surface area contributed by atoms with Gasteiger partial charge in [-0.05, 0) is 31.0 Å². The van der Waals surface area contributed by atoms with Gasteiger partial charge in [-0.15, -0.1) is 5.92 Å². The molecule has 0 saturated carbocycles. The van der Waals surface area contributed by atoms with Crippen LogP contribution in [0.4, 0.5) is 10.2 Å². The number of methoxy groups -OCH3 is 1. The van der Waals surface area contributed by atoms with Crippen molar-refractivity contribution in [1.29, 1.82) is 5.26 Å². The average molecular weight is 455 g/mol. The molecule has 10 heteroatoms. The summed E-state index contributed by atoms with van der Waals surface area (Å²) in [6, 6.07) is 9.86. The smallest absolute Gasteiger partial charge is 0.254 e. The molecule has 0 aliphatic carbocycles. The number of nitrogens with zero attached hydrogens (tertiary/aromatic N) is 4. The molecule has 4 N–H and O–H groups in total. The van der Waals surface area contributed by atoms with Gasteiger partial charge in [0, 0.05) is 38.5 Å². The molecular weight excluding hydrogens is 427 g/mol. The highest BCUT2D eigenvalue weighted by molar-refractivity contribution is 5.97. The van der Waals surface area contributed by atoms with Crippen LogP contribution in [0, 0.1) is 23.2 Å². The van der Waals surface area contributed by atoms with Crippen molar-refractivity contribution in [3.05, 3.63) is 47.2 Å². The summed E-state index contributed by atoms with van der Waals surface area (Å²) in [6.07, 6.45) is -1.39. The maximum Gasteiger partial charge on any atom is 0.254 e. The Labute approximate surface area is 191 Å². The number of nitriles is 1. The molecule has 9 nitrogen and oxygen atoms in total. The zero-order valence-electron chi connectivity index (χ0n) is 18.6. The van der Waals surface area contributed by atoms with Gasteiger partial charge in [-0.25, -0.2) is 4.39 Å². The number of amides is 1. The molecule has 174 valence electrons. The van der Waals surface area contributed by atoms with E-state index in [2.05, 4.69) is 28.3 Å². The Morgan fingerprint density at radius 1 is 1.48 bits per heavy atom. The summed E-state index contributed by atoms with van der Waals surface area (Å²) in [5.74, 6) is 5.00. The number of hydrogen-bond donors (Lipinski definition) is 3. The van der Waals surface area contributed by atoms with Crippen LogP contribution < -0.4 is 11.1 Å². The number of carbonyl (C=O) groups is 1. The summed E-state index contributed by atoms with van der Waals surface area (Å²) < 4.78 is 21.7. The minimum atomic E-state index is -1.43. The molecule has 1 aliphatic heterocycles. The van der Waals surface area contributed by atoms with Gasteiger partial charge in [0.2, 0.25) is 6.41 Å². The Morgan fingerprint density at radius 2 is 2.21 bits per heavy atom. The molecule has 1 amide bonds. The molecule has 3 atom stereocenters. The number of anilines is 1. The van der Waals surface area contributed by atoms with Gasteiger partial charge in [-0.2, -0.15) is 10.4 Å². The predicted molar refractivity (Wildman–Crippen MR) is 119 cm³/mol. The number of halogens is 1. The van der Waals surface area contributed by atoms with E-state index < -0.39 is 24.0 Å². The summed E-state index contributed by atoms with van der Waals surface area (Å²) in [6.45, 7) is 2.95. The predicted octanol–water partition coefficient (Wildman–Crippen LogP) is 1.54. The van der Waals surface area contributed by atoms with Gasteiger partial charge in [0.15, 0.2) is 5.82 Å². The summed E-state index contributed by atoms with van der Waals surface area (Å²) in [5.41, 5.74) is 6.08. The van der Waals surface area contributed by atoms with E-state index in [-0.39, 0.29) is 24.3 Å². The highest BCUT2D eigenvalue weighted by atomic mass is 19.1. The topological polar surface area (TPSA) is 129 Å². The van der Waals surface area contributed by atoms with Crippen LogP contribution in [0.15, 0.2) is 30.5 Å². The van der Waals surface area contributed by atoms with Crippen molar-refractivity contribution in [1.82, 2.24) is 14.7 Å². The first-order chi connectivity index (χ1) is 15.8. The highest BCUT2D eigenvalue weighted by Crippen LogP contribution is 2.37. The summed E-state index contributed by atoms with van der Waals surface area (Å²) in [7, 11) is 1.26. The Bertz CT molecular complexity index is 1080. The van der Waals surface area contributed by atoms with Crippen molar-refractivity contribution in [2.24, 2.45) is 5.73 Å². The van der Waals surface area contributed by atoms with Crippen LogP contribution in [0.1, 0.15) is 41.3 Å². The quantitative estimate of drug-likeness (QED) is 0.408. The molecular formula is C23H27FN6O3. The van der Waals surface area contributed by atoms with E-state index >= 15 is 4.39 Å². The fourth-order valence-electron chi connectivity index (χ4n) is 3.98. The number of aliphatic hydroxyl groups is 1. The van der Waals surface area contributed by atoms with Crippen molar-refractivity contribution in [2.45, 2.75) is 44.4 Å². The summed E-state index contributed by atoms with van der Waals surface area (Å²) >= 11 is 0. The molecule has 3 rings (SSSR count). The van der Waals surface area contributed by atoms with E-state index in [1.165, 1.54) is 18.0 Å². The second kappa shape index (κ2) is 10.5. The number of alkyl halides is 1. The number of piperidine rings is 1. The number of primary amides is 1. The maximum absolute atomic E-state index is 15.7. The molecule has 1 aromatic carbocycles. The van der Waals surface area contributed by atoms with Gasteiger partial charge in [0.25, 0.3) is 5.91 Å². The third-order valence-corrected chi connectivity index (χ3v) is 5.80. The SMILES string of the molecule is CC#Cc1ccc(CN2CCC(CC#N)(n3cc(C(N)=O)c(NC(O)OC)n3)C(F)C2)cc1. The monoisotopic (exact) mass is 454 g/mol. The van der Waals surface area contributed by atoms with E-state index in [4.69, 9.17) is 10.5 Å². The number of rotatable bonds is 8. The molecule has 1 aromatic heterocycles. The molecule has 33 heavy (non-hydrogen) atoms. The van der Waals surface area contributed by atoms with E-state index in [0.29, 0.717) is 19.5 Å². The second-order valence-corrected chi connectivity index (χ2v) is 7.90. The van der Waals surface area contributed by atoms with Crippen molar-refractivity contribution in [3.8, 4) is 17.9 Å². The number of aromatic nitrogens is 2. The minimum Gasteiger partial charge on any atom is -0.365 e. The van der Waals surface area contributed by atoms with Crippen molar-refractivity contribution < 1.29 is 19.0 Å². The van der Waals surface area contributed by atoms with Gasteiger partial charge >= 0.3 is 0 Å². The number of hydrogen-bond acceptors (Lipinski definition) is 7. The third kappa shape index (κ3) is 5.32.